The third kappa shape index (κ3) is 36.0. The highest BCUT2D eigenvalue weighted by atomic mass is 16.8. The van der Waals surface area contributed by atoms with E-state index in [0.29, 0.717) is 6.42 Å². The van der Waals surface area contributed by atoms with E-state index in [2.05, 4.69) is 43.5 Å². The van der Waals surface area contributed by atoms with Crippen molar-refractivity contribution in [2.75, 3.05) is 26.4 Å². The number of aliphatic hydroxyl groups is 11. The Hall–Kier alpha value is -1.99. The van der Waals surface area contributed by atoms with Gasteiger partial charge in [0.15, 0.2) is 18.9 Å². The SMILES string of the molecule is CCCCCC/C=C\C/C=C\CCCCCCCC(=O)NC(COC1OC(CO)C(OC2OC(CO)C(OC3OC(CO)C(O)C(O)C3O)C(O)C2O)C(O)C1O)C(O)/C=C/CCCCCCCCCCCCCCCCCCCCCCCCCCCCCCC. The summed E-state index contributed by atoms with van der Waals surface area (Å²) in [4.78, 5) is 13.4. The van der Waals surface area contributed by atoms with Gasteiger partial charge in [0, 0.05) is 6.42 Å². The maximum absolute atomic E-state index is 13.4. The molecule has 3 rings (SSSR count). The van der Waals surface area contributed by atoms with E-state index in [4.69, 9.17) is 28.4 Å². The summed E-state index contributed by atoms with van der Waals surface area (Å²) in [5, 5.41) is 121. The molecule has 0 aromatic carbocycles. The number of aliphatic hydroxyl groups excluding tert-OH is 11. The van der Waals surface area contributed by atoms with Crippen molar-refractivity contribution in [3.8, 4) is 0 Å². The highest BCUT2D eigenvalue weighted by Crippen LogP contribution is 2.33. The molecule has 3 saturated heterocycles. The van der Waals surface area contributed by atoms with Crippen LogP contribution < -0.4 is 5.32 Å². The van der Waals surface area contributed by atoms with Gasteiger partial charge in [-0.05, 0) is 51.4 Å². The third-order valence-corrected chi connectivity index (χ3v) is 18.7. The van der Waals surface area contributed by atoms with Crippen molar-refractivity contribution in [2.24, 2.45) is 0 Å². The largest absolute Gasteiger partial charge is 0.394 e. The molecule has 3 aliphatic heterocycles. The van der Waals surface area contributed by atoms with Gasteiger partial charge < -0.3 is 89.9 Å². The first-order chi connectivity index (χ1) is 44.8. The van der Waals surface area contributed by atoms with Crippen LogP contribution in [0.4, 0.5) is 0 Å². The van der Waals surface area contributed by atoms with E-state index < -0.39 is 124 Å². The Kier molecular flexibility index (Phi) is 50.3. The molecule has 0 aromatic heterocycles. The number of unbranched alkanes of at least 4 members (excludes halogenated alkanes) is 38. The summed E-state index contributed by atoms with van der Waals surface area (Å²) in [6.07, 6.45) is 38.5. The Morgan fingerprint density at radius 1 is 0.391 bits per heavy atom. The van der Waals surface area contributed by atoms with Crippen LogP contribution in [0.25, 0.3) is 0 Å². The molecule has 0 aromatic rings. The van der Waals surface area contributed by atoms with Crippen LogP contribution in [0.2, 0.25) is 0 Å². The molecule has 17 unspecified atom stereocenters. The van der Waals surface area contributed by atoms with E-state index >= 15 is 0 Å². The molecule has 92 heavy (non-hydrogen) atoms. The lowest BCUT2D eigenvalue weighted by Gasteiger charge is -2.48. The highest BCUT2D eigenvalue weighted by molar-refractivity contribution is 5.76. The van der Waals surface area contributed by atoms with Gasteiger partial charge in [0.2, 0.25) is 5.91 Å². The molecule has 12 N–H and O–H groups in total. The quantitative estimate of drug-likeness (QED) is 0.0199. The van der Waals surface area contributed by atoms with Crippen molar-refractivity contribution < 1.29 is 89.4 Å². The summed E-state index contributed by atoms with van der Waals surface area (Å²) in [5.74, 6) is -0.287. The molecule has 17 atom stereocenters. The van der Waals surface area contributed by atoms with Crippen LogP contribution in [-0.2, 0) is 33.2 Å². The fraction of sp³-hybridized carbons (Fsp3) is 0.904. The number of carbonyl (C=O) groups excluding carboxylic acids is 1. The van der Waals surface area contributed by atoms with Gasteiger partial charge >= 0.3 is 0 Å². The molecular formula is C73H135NO18. The number of amides is 1. The Morgan fingerprint density at radius 2 is 0.717 bits per heavy atom. The van der Waals surface area contributed by atoms with E-state index in [1.165, 1.54) is 193 Å². The number of ether oxygens (including phenoxy) is 6. The molecule has 0 aliphatic carbocycles. The zero-order chi connectivity index (χ0) is 66.8. The molecule has 3 heterocycles. The number of hydrogen-bond acceptors (Lipinski definition) is 18. The van der Waals surface area contributed by atoms with Gasteiger partial charge in [0.05, 0.1) is 38.6 Å². The minimum Gasteiger partial charge on any atom is -0.394 e. The normalized spacial score (nSPS) is 27.9. The Bertz CT molecular complexity index is 1810. The summed E-state index contributed by atoms with van der Waals surface area (Å²) in [6.45, 7) is 1.73. The van der Waals surface area contributed by atoms with Gasteiger partial charge in [0.1, 0.15) is 73.2 Å². The molecule has 19 heteroatoms. The maximum Gasteiger partial charge on any atom is 0.220 e. The molecule has 1 amide bonds. The molecule has 0 bridgehead atoms. The average Bonchev–Trinajstić information content (AvgIpc) is 0.808. The van der Waals surface area contributed by atoms with Gasteiger partial charge in [-0.15, -0.1) is 0 Å². The van der Waals surface area contributed by atoms with Crippen LogP contribution in [0, 0.1) is 0 Å². The molecule has 0 spiro atoms. The first-order valence-corrected chi connectivity index (χ1v) is 37.2. The molecule has 3 fully saturated rings. The zero-order valence-electron chi connectivity index (χ0n) is 57.3. The lowest BCUT2D eigenvalue weighted by molar-refractivity contribution is -0.379. The average molecular weight is 1310 g/mol. The van der Waals surface area contributed by atoms with Crippen molar-refractivity contribution in [2.45, 2.75) is 394 Å². The second-order valence-electron chi connectivity index (χ2n) is 26.8. The standard InChI is InChI=1S/C73H135NO18/c1-3-5-7-9-11-13-15-17-19-21-22-23-24-25-26-27-28-29-30-31-32-33-34-35-36-38-40-42-44-46-48-50-57(78)56(74-61(79)51-49-47-45-43-41-39-37-20-18-16-14-12-10-8-6-4-2)55-87-71-67(85)64(82)69(59(53-76)89-71)92-73-68(86)65(83)70(60(54-77)90-73)91-72-66(84)63(81)62(80)58(52-75)88-72/h14,16,20,37,48,50,56-60,62-73,75-78,80-86H,3-13,15,17-19,21-36,38-47,49,51-55H2,1-2H3,(H,74,79)/b16-14-,37-20-,50-48+. The predicted octanol–water partition coefficient (Wildman–Crippen LogP) is 10.8. The first-order valence-electron chi connectivity index (χ1n) is 37.2. The van der Waals surface area contributed by atoms with Crippen LogP contribution in [0.15, 0.2) is 36.5 Å². The van der Waals surface area contributed by atoms with Gasteiger partial charge in [-0.25, -0.2) is 0 Å². The second kappa shape index (κ2) is 55.0. The van der Waals surface area contributed by atoms with Crippen LogP contribution in [-0.4, -0.2) is 193 Å². The van der Waals surface area contributed by atoms with Gasteiger partial charge in [-0.2, -0.15) is 0 Å². The lowest BCUT2D eigenvalue weighted by atomic mass is 9.96. The van der Waals surface area contributed by atoms with Crippen LogP contribution in [0.3, 0.4) is 0 Å². The van der Waals surface area contributed by atoms with Crippen molar-refractivity contribution in [3.63, 3.8) is 0 Å². The fourth-order valence-electron chi connectivity index (χ4n) is 12.6. The topological polar surface area (TPSA) is 307 Å². The van der Waals surface area contributed by atoms with Crippen molar-refractivity contribution in [1.29, 1.82) is 0 Å². The van der Waals surface area contributed by atoms with Crippen molar-refractivity contribution in [3.05, 3.63) is 36.5 Å². The second-order valence-corrected chi connectivity index (χ2v) is 26.8. The van der Waals surface area contributed by atoms with Crippen molar-refractivity contribution >= 4 is 5.91 Å². The van der Waals surface area contributed by atoms with Gasteiger partial charge in [-0.3, -0.25) is 4.79 Å². The van der Waals surface area contributed by atoms with Crippen molar-refractivity contribution in [1.82, 2.24) is 5.32 Å². The van der Waals surface area contributed by atoms with E-state index in [9.17, 15) is 61.0 Å². The first kappa shape index (κ1) is 84.2. The Morgan fingerprint density at radius 3 is 1.12 bits per heavy atom. The smallest absolute Gasteiger partial charge is 0.220 e. The molecule has 540 valence electrons. The van der Waals surface area contributed by atoms with E-state index in [-0.39, 0.29) is 18.9 Å². The lowest BCUT2D eigenvalue weighted by Crippen LogP contribution is -2.66. The number of allylic oxidation sites excluding steroid dienone is 5. The molecular weight excluding hydrogens is 1180 g/mol. The fourth-order valence-corrected chi connectivity index (χ4v) is 12.6. The summed E-state index contributed by atoms with van der Waals surface area (Å²) in [5.41, 5.74) is 0. The number of carbonyl (C=O) groups is 1. The van der Waals surface area contributed by atoms with Crippen LogP contribution in [0.5, 0.6) is 0 Å². The molecule has 0 radical (unpaired) electrons. The highest BCUT2D eigenvalue weighted by Gasteiger charge is 2.53. The monoisotopic (exact) mass is 1310 g/mol. The minimum atomic E-state index is -1.98. The summed E-state index contributed by atoms with van der Waals surface area (Å²) in [7, 11) is 0. The third-order valence-electron chi connectivity index (χ3n) is 18.7. The van der Waals surface area contributed by atoms with E-state index in [0.717, 1.165) is 70.6 Å². The Labute approximate surface area is 555 Å². The summed E-state index contributed by atoms with van der Waals surface area (Å²) >= 11 is 0. The minimum absolute atomic E-state index is 0.228. The molecule has 19 nitrogen and oxygen atoms in total. The number of nitrogens with one attached hydrogen (secondary N) is 1. The van der Waals surface area contributed by atoms with Crippen LogP contribution >= 0.6 is 0 Å². The van der Waals surface area contributed by atoms with E-state index in [1.807, 2.05) is 6.08 Å². The maximum atomic E-state index is 13.4. The molecule has 0 saturated carbocycles. The number of rotatable bonds is 58. The van der Waals surface area contributed by atoms with E-state index in [1.54, 1.807) is 6.08 Å². The molecule has 3 aliphatic rings. The van der Waals surface area contributed by atoms with Gasteiger partial charge in [-0.1, -0.05) is 269 Å². The zero-order valence-corrected chi connectivity index (χ0v) is 57.3. The summed E-state index contributed by atoms with van der Waals surface area (Å²) in [6, 6.07) is -0.981. The number of hydrogen-bond donors (Lipinski definition) is 12. The Balaban J connectivity index is 1.39. The summed E-state index contributed by atoms with van der Waals surface area (Å²) < 4.78 is 34.4. The van der Waals surface area contributed by atoms with Crippen LogP contribution in [0.1, 0.15) is 290 Å². The van der Waals surface area contributed by atoms with Gasteiger partial charge in [0.25, 0.3) is 0 Å². The predicted molar refractivity (Wildman–Crippen MR) is 360 cm³/mol.